The van der Waals surface area contributed by atoms with Crippen molar-refractivity contribution in [2.24, 2.45) is 0 Å². The van der Waals surface area contributed by atoms with Crippen LogP contribution < -0.4 is 5.32 Å². The highest BCUT2D eigenvalue weighted by molar-refractivity contribution is 7.89. The van der Waals surface area contributed by atoms with Gasteiger partial charge in [0.1, 0.15) is 16.5 Å². The first kappa shape index (κ1) is 15.8. The summed E-state index contributed by atoms with van der Waals surface area (Å²) in [5.74, 6) is 1.32. The second-order valence-corrected chi connectivity index (χ2v) is 7.33. The Labute approximate surface area is 135 Å². The first-order chi connectivity index (χ1) is 11.0. The number of pyridine rings is 1. The molecular formula is C15H19N5O2S. The van der Waals surface area contributed by atoms with Gasteiger partial charge < -0.3 is 5.32 Å². The van der Waals surface area contributed by atoms with Crippen LogP contribution in [0, 0.1) is 6.92 Å². The van der Waals surface area contributed by atoms with Gasteiger partial charge in [-0.15, -0.1) is 0 Å². The van der Waals surface area contributed by atoms with Crippen molar-refractivity contribution in [1.82, 2.24) is 19.3 Å². The van der Waals surface area contributed by atoms with E-state index in [9.17, 15) is 8.42 Å². The fourth-order valence-electron chi connectivity index (χ4n) is 2.85. The maximum Gasteiger partial charge on any atom is 0.245 e. The molecule has 0 radical (unpaired) electrons. The van der Waals surface area contributed by atoms with Crippen LogP contribution in [0.15, 0.2) is 35.5 Å². The predicted molar refractivity (Wildman–Crippen MR) is 86.4 cm³/mol. The number of aryl methyl sites for hydroxylation is 1. The Kier molecular flexibility index (Phi) is 4.27. The van der Waals surface area contributed by atoms with Crippen LogP contribution in [0.5, 0.6) is 0 Å². The van der Waals surface area contributed by atoms with Gasteiger partial charge in [0.15, 0.2) is 0 Å². The van der Waals surface area contributed by atoms with Crippen molar-refractivity contribution in [3.8, 4) is 0 Å². The summed E-state index contributed by atoms with van der Waals surface area (Å²) < 4.78 is 27.3. The van der Waals surface area contributed by atoms with E-state index in [0.29, 0.717) is 18.2 Å². The molecule has 1 saturated heterocycles. The number of sulfonamides is 1. The van der Waals surface area contributed by atoms with Gasteiger partial charge in [0, 0.05) is 32.1 Å². The van der Waals surface area contributed by atoms with Gasteiger partial charge in [-0.3, -0.25) is 4.98 Å². The fraction of sp³-hybridized carbons (Fsp3) is 0.400. The Hall–Kier alpha value is -2.06. The molecule has 1 aliphatic rings. The van der Waals surface area contributed by atoms with Crippen molar-refractivity contribution in [1.29, 1.82) is 0 Å². The van der Waals surface area contributed by atoms with E-state index in [1.54, 1.807) is 32.3 Å². The molecule has 8 heteroatoms. The average Bonchev–Trinajstić information content (AvgIpc) is 3.05. The predicted octanol–water partition coefficient (Wildman–Crippen LogP) is 1.75. The summed E-state index contributed by atoms with van der Waals surface area (Å²) >= 11 is 0. The molecule has 0 amide bonds. The molecule has 0 bridgehead atoms. The third-order valence-electron chi connectivity index (χ3n) is 3.90. The summed E-state index contributed by atoms with van der Waals surface area (Å²) in [6, 6.07) is 4.75. The standard InChI is InChI=1S/C15H19N5O2S/c1-11-18-13(9-15(16-2)19-11)14-6-4-8-20(14)23(21,22)12-5-3-7-17-10-12/h3,5,7,9-10,14H,4,6,8H2,1-2H3,(H,16,18,19)/t14-/m0/s1. The van der Waals surface area contributed by atoms with E-state index < -0.39 is 10.0 Å². The summed E-state index contributed by atoms with van der Waals surface area (Å²) in [5, 5.41) is 2.99. The summed E-state index contributed by atoms with van der Waals surface area (Å²) in [6.07, 6.45) is 4.50. The SMILES string of the molecule is CNc1cc([C@@H]2CCCN2S(=O)(=O)c2cccnc2)nc(C)n1. The first-order valence-electron chi connectivity index (χ1n) is 7.47. The molecular weight excluding hydrogens is 314 g/mol. The van der Waals surface area contributed by atoms with Gasteiger partial charge in [0.2, 0.25) is 10.0 Å². The largest absolute Gasteiger partial charge is 0.373 e. The van der Waals surface area contributed by atoms with Crippen LogP contribution in [0.3, 0.4) is 0 Å². The smallest absolute Gasteiger partial charge is 0.245 e. The van der Waals surface area contributed by atoms with E-state index in [1.165, 1.54) is 10.5 Å². The van der Waals surface area contributed by atoms with Gasteiger partial charge in [-0.25, -0.2) is 18.4 Å². The summed E-state index contributed by atoms with van der Waals surface area (Å²) in [5.41, 5.74) is 0.729. The lowest BCUT2D eigenvalue weighted by Gasteiger charge is -2.24. The molecule has 1 atom stereocenters. The van der Waals surface area contributed by atoms with Crippen LogP contribution in [0.25, 0.3) is 0 Å². The molecule has 3 rings (SSSR count). The van der Waals surface area contributed by atoms with Gasteiger partial charge in [0.25, 0.3) is 0 Å². The van der Waals surface area contributed by atoms with Crippen LogP contribution >= 0.6 is 0 Å². The second-order valence-electron chi connectivity index (χ2n) is 5.44. The zero-order valence-corrected chi connectivity index (χ0v) is 13.9. The minimum atomic E-state index is -3.58. The summed E-state index contributed by atoms with van der Waals surface area (Å²) in [7, 11) is -1.80. The molecule has 23 heavy (non-hydrogen) atoms. The molecule has 2 aromatic rings. The third kappa shape index (κ3) is 3.04. The van der Waals surface area contributed by atoms with E-state index in [1.807, 2.05) is 6.07 Å². The minimum absolute atomic E-state index is 0.214. The Balaban J connectivity index is 1.99. The van der Waals surface area contributed by atoms with E-state index in [-0.39, 0.29) is 10.9 Å². The maximum atomic E-state index is 12.9. The molecule has 1 N–H and O–H groups in total. The molecule has 1 fully saturated rings. The average molecular weight is 333 g/mol. The molecule has 122 valence electrons. The number of anilines is 1. The van der Waals surface area contributed by atoms with Crippen molar-refractivity contribution in [3.05, 3.63) is 42.1 Å². The van der Waals surface area contributed by atoms with Crippen LogP contribution in [-0.4, -0.2) is 41.3 Å². The van der Waals surface area contributed by atoms with Crippen LogP contribution in [0.2, 0.25) is 0 Å². The van der Waals surface area contributed by atoms with Crippen LogP contribution in [0.4, 0.5) is 5.82 Å². The number of nitrogens with zero attached hydrogens (tertiary/aromatic N) is 4. The lowest BCUT2D eigenvalue weighted by atomic mass is 10.1. The lowest BCUT2D eigenvalue weighted by Crippen LogP contribution is -2.31. The Bertz CT molecular complexity index is 795. The lowest BCUT2D eigenvalue weighted by molar-refractivity contribution is 0.389. The van der Waals surface area contributed by atoms with Gasteiger partial charge in [0.05, 0.1) is 11.7 Å². The van der Waals surface area contributed by atoms with E-state index in [2.05, 4.69) is 20.3 Å². The van der Waals surface area contributed by atoms with Gasteiger partial charge in [-0.2, -0.15) is 4.31 Å². The maximum absolute atomic E-state index is 12.9. The Morgan fingerprint density at radius 1 is 1.35 bits per heavy atom. The fourth-order valence-corrected chi connectivity index (χ4v) is 4.48. The molecule has 0 saturated carbocycles. The van der Waals surface area contributed by atoms with Crippen molar-refractivity contribution in [3.63, 3.8) is 0 Å². The van der Waals surface area contributed by atoms with Crippen molar-refractivity contribution < 1.29 is 8.42 Å². The number of rotatable bonds is 4. The Morgan fingerprint density at radius 2 is 2.17 bits per heavy atom. The molecule has 2 aromatic heterocycles. The molecule has 0 unspecified atom stereocenters. The van der Waals surface area contributed by atoms with Gasteiger partial charge >= 0.3 is 0 Å². The van der Waals surface area contributed by atoms with Crippen molar-refractivity contribution >= 4 is 15.8 Å². The number of hydrogen-bond acceptors (Lipinski definition) is 6. The second kappa shape index (κ2) is 6.21. The minimum Gasteiger partial charge on any atom is -0.373 e. The Morgan fingerprint density at radius 3 is 2.87 bits per heavy atom. The van der Waals surface area contributed by atoms with Crippen molar-refractivity contribution in [2.75, 3.05) is 18.9 Å². The summed E-state index contributed by atoms with van der Waals surface area (Å²) in [6.45, 7) is 2.29. The normalized spacial score (nSPS) is 19.0. The summed E-state index contributed by atoms with van der Waals surface area (Å²) in [4.78, 5) is 12.9. The number of aromatic nitrogens is 3. The van der Waals surface area contributed by atoms with Gasteiger partial charge in [-0.05, 0) is 31.9 Å². The molecule has 7 nitrogen and oxygen atoms in total. The topological polar surface area (TPSA) is 88.1 Å². The van der Waals surface area contributed by atoms with Crippen molar-refractivity contribution in [2.45, 2.75) is 30.7 Å². The van der Waals surface area contributed by atoms with Crippen LogP contribution in [-0.2, 0) is 10.0 Å². The van der Waals surface area contributed by atoms with E-state index in [0.717, 1.165) is 18.5 Å². The number of hydrogen-bond donors (Lipinski definition) is 1. The third-order valence-corrected chi connectivity index (χ3v) is 5.79. The molecule has 3 heterocycles. The number of nitrogens with one attached hydrogen (secondary N) is 1. The highest BCUT2D eigenvalue weighted by Crippen LogP contribution is 2.36. The highest BCUT2D eigenvalue weighted by atomic mass is 32.2. The molecule has 1 aliphatic heterocycles. The van der Waals surface area contributed by atoms with E-state index >= 15 is 0 Å². The highest BCUT2D eigenvalue weighted by Gasteiger charge is 2.37. The zero-order chi connectivity index (χ0) is 16.4. The molecule has 0 spiro atoms. The van der Waals surface area contributed by atoms with Gasteiger partial charge in [-0.1, -0.05) is 0 Å². The first-order valence-corrected chi connectivity index (χ1v) is 8.91. The monoisotopic (exact) mass is 333 g/mol. The zero-order valence-electron chi connectivity index (χ0n) is 13.1. The van der Waals surface area contributed by atoms with Crippen LogP contribution in [0.1, 0.15) is 30.4 Å². The van der Waals surface area contributed by atoms with E-state index in [4.69, 9.17) is 0 Å². The molecule has 0 aromatic carbocycles. The molecule has 0 aliphatic carbocycles. The quantitative estimate of drug-likeness (QED) is 0.917.